The van der Waals surface area contributed by atoms with E-state index in [1.54, 1.807) is 43.3 Å². The number of rotatable bonds is 5. The van der Waals surface area contributed by atoms with E-state index in [-0.39, 0.29) is 11.8 Å². The first kappa shape index (κ1) is 18.2. The second kappa shape index (κ2) is 7.59. The number of amides is 2. The number of anilines is 1. The molecule has 2 amide bonds. The Balaban J connectivity index is 2.19. The minimum Gasteiger partial charge on any atom is -0.382 e. The highest BCUT2D eigenvalue weighted by Gasteiger charge is 2.38. The molecule has 130 valence electrons. The van der Waals surface area contributed by atoms with Gasteiger partial charge in [0.05, 0.1) is 25.4 Å². The van der Waals surface area contributed by atoms with Crippen molar-refractivity contribution in [2.45, 2.75) is 12.5 Å². The van der Waals surface area contributed by atoms with Crippen LogP contribution in [0.2, 0.25) is 0 Å². The minimum atomic E-state index is -0.488. The maximum atomic E-state index is 12.9. The molecular formula is C18H24N2O4. The fourth-order valence-electron chi connectivity index (χ4n) is 2.82. The molecule has 6 nitrogen and oxygen atoms in total. The molecule has 0 saturated carbocycles. The van der Waals surface area contributed by atoms with Gasteiger partial charge in [0.2, 0.25) is 5.91 Å². The van der Waals surface area contributed by atoms with Crippen molar-refractivity contribution in [3.05, 3.63) is 42.5 Å². The molecule has 0 spiro atoms. The van der Waals surface area contributed by atoms with Crippen LogP contribution in [-0.2, 0) is 14.3 Å². The molecule has 1 atom stereocenters. The lowest BCUT2D eigenvalue weighted by molar-refractivity contribution is -0.113. The molecule has 0 aromatic heterocycles. The van der Waals surface area contributed by atoms with Gasteiger partial charge in [-0.05, 0) is 37.3 Å². The second-order valence-corrected chi connectivity index (χ2v) is 6.09. The number of hydrogen-bond donors (Lipinski definition) is 0. The number of likely N-dealkylation sites (N-methyl/N-ethyl adjacent to an activating group) is 1. The zero-order valence-electron chi connectivity index (χ0n) is 14.4. The fourth-order valence-corrected chi connectivity index (χ4v) is 2.82. The van der Waals surface area contributed by atoms with Gasteiger partial charge in [0.1, 0.15) is 0 Å². The summed E-state index contributed by atoms with van der Waals surface area (Å²) in [6.07, 6.45) is 1.25. The van der Waals surface area contributed by atoms with Crippen LogP contribution in [0.5, 0.6) is 0 Å². The normalized spacial score (nSPS) is 20.5. The van der Waals surface area contributed by atoms with Gasteiger partial charge in [-0.25, -0.2) is 0 Å². The standard InChI is InChI=1S/C18H24N2O4/c1-5-16(21)19(3)15-8-6-14(7-9-15)17(22)20-10-11-24-13-18(20,2)12-23-4/h5-9H,1,10-13H2,2-4H3. The molecule has 0 aliphatic carbocycles. The lowest BCUT2D eigenvalue weighted by Crippen LogP contribution is -2.59. The van der Waals surface area contributed by atoms with Crippen LogP contribution < -0.4 is 4.90 Å². The Hall–Kier alpha value is -2.18. The van der Waals surface area contributed by atoms with Gasteiger partial charge in [-0.3, -0.25) is 9.59 Å². The summed E-state index contributed by atoms with van der Waals surface area (Å²) in [5.41, 5.74) is 0.791. The van der Waals surface area contributed by atoms with E-state index >= 15 is 0 Å². The Labute approximate surface area is 142 Å². The zero-order chi connectivity index (χ0) is 17.7. The summed E-state index contributed by atoms with van der Waals surface area (Å²) in [5.74, 6) is -0.267. The summed E-state index contributed by atoms with van der Waals surface area (Å²) in [7, 11) is 3.28. The molecule has 1 fully saturated rings. The third kappa shape index (κ3) is 3.66. The lowest BCUT2D eigenvalue weighted by Gasteiger charge is -2.44. The van der Waals surface area contributed by atoms with Crippen LogP contribution in [0.4, 0.5) is 5.69 Å². The molecule has 1 aliphatic heterocycles. The lowest BCUT2D eigenvalue weighted by atomic mass is 9.99. The van der Waals surface area contributed by atoms with Gasteiger partial charge in [-0.15, -0.1) is 0 Å². The van der Waals surface area contributed by atoms with Crippen LogP contribution >= 0.6 is 0 Å². The van der Waals surface area contributed by atoms with Gasteiger partial charge in [-0.1, -0.05) is 6.58 Å². The molecular weight excluding hydrogens is 308 g/mol. The van der Waals surface area contributed by atoms with Gasteiger partial charge in [0, 0.05) is 32.0 Å². The molecule has 6 heteroatoms. The quantitative estimate of drug-likeness (QED) is 0.770. The highest BCUT2D eigenvalue weighted by Crippen LogP contribution is 2.24. The maximum absolute atomic E-state index is 12.9. The Morgan fingerprint density at radius 1 is 1.42 bits per heavy atom. The van der Waals surface area contributed by atoms with Crippen LogP contribution in [-0.4, -0.2) is 62.8 Å². The predicted octanol–water partition coefficient (Wildman–Crippen LogP) is 1.71. The van der Waals surface area contributed by atoms with Crippen molar-refractivity contribution >= 4 is 17.5 Å². The SMILES string of the molecule is C=CC(=O)N(C)c1ccc(C(=O)N2CCOCC2(C)COC)cc1. The zero-order valence-corrected chi connectivity index (χ0v) is 14.4. The summed E-state index contributed by atoms with van der Waals surface area (Å²) >= 11 is 0. The van der Waals surface area contributed by atoms with Crippen molar-refractivity contribution in [2.24, 2.45) is 0 Å². The van der Waals surface area contributed by atoms with Gasteiger partial charge in [0.15, 0.2) is 0 Å². The highest BCUT2D eigenvalue weighted by atomic mass is 16.5. The van der Waals surface area contributed by atoms with Crippen LogP contribution in [0.15, 0.2) is 36.9 Å². The summed E-state index contributed by atoms with van der Waals surface area (Å²) in [6.45, 7) is 7.32. The Morgan fingerprint density at radius 2 is 2.08 bits per heavy atom. The molecule has 1 aliphatic rings. The molecule has 0 bridgehead atoms. The number of methoxy groups -OCH3 is 1. The Morgan fingerprint density at radius 3 is 2.67 bits per heavy atom. The van der Waals surface area contributed by atoms with E-state index in [0.29, 0.717) is 37.6 Å². The van der Waals surface area contributed by atoms with Crippen LogP contribution in [0.1, 0.15) is 17.3 Å². The molecule has 1 saturated heterocycles. The third-order valence-corrected chi connectivity index (χ3v) is 4.23. The van der Waals surface area contributed by atoms with Crippen LogP contribution in [0.3, 0.4) is 0 Å². The van der Waals surface area contributed by atoms with Gasteiger partial charge in [0.25, 0.3) is 5.91 Å². The van der Waals surface area contributed by atoms with E-state index in [1.165, 1.54) is 11.0 Å². The smallest absolute Gasteiger partial charge is 0.254 e. The Bertz CT molecular complexity index is 610. The number of ether oxygens (including phenoxy) is 2. The van der Waals surface area contributed by atoms with Gasteiger partial charge >= 0.3 is 0 Å². The van der Waals surface area contributed by atoms with E-state index < -0.39 is 5.54 Å². The van der Waals surface area contributed by atoms with E-state index in [2.05, 4.69) is 6.58 Å². The highest BCUT2D eigenvalue weighted by molar-refractivity contribution is 6.01. The molecule has 0 radical (unpaired) electrons. The fraction of sp³-hybridized carbons (Fsp3) is 0.444. The van der Waals surface area contributed by atoms with Gasteiger partial charge < -0.3 is 19.3 Å². The number of nitrogens with zero attached hydrogens (tertiary/aromatic N) is 2. The summed E-state index contributed by atoms with van der Waals surface area (Å²) in [6, 6.07) is 6.96. The summed E-state index contributed by atoms with van der Waals surface area (Å²) < 4.78 is 10.8. The first-order valence-corrected chi connectivity index (χ1v) is 7.82. The molecule has 1 aromatic carbocycles. The molecule has 1 heterocycles. The molecule has 2 rings (SSSR count). The van der Waals surface area contributed by atoms with Crippen molar-refractivity contribution in [2.75, 3.05) is 45.4 Å². The average Bonchev–Trinajstić information content (AvgIpc) is 2.60. The monoisotopic (exact) mass is 332 g/mol. The Kier molecular flexibility index (Phi) is 5.75. The van der Waals surface area contributed by atoms with E-state index in [0.717, 1.165) is 0 Å². The minimum absolute atomic E-state index is 0.0675. The van der Waals surface area contributed by atoms with Crippen molar-refractivity contribution in [3.63, 3.8) is 0 Å². The molecule has 1 aromatic rings. The maximum Gasteiger partial charge on any atom is 0.254 e. The first-order valence-electron chi connectivity index (χ1n) is 7.82. The largest absolute Gasteiger partial charge is 0.382 e. The number of carbonyl (C=O) groups excluding carboxylic acids is 2. The van der Waals surface area contributed by atoms with Crippen molar-refractivity contribution < 1.29 is 19.1 Å². The molecule has 1 unspecified atom stereocenters. The van der Waals surface area contributed by atoms with Crippen LogP contribution in [0.25, 0.3) is 0 Å². The number of carbonyl (C=O) groups is 2. The number of hydrogen-bond acceptors (Lipinski definition) is 4. The molecule has 24 heavy (non-hydrogen) atoms. The number of morpholine rings is 1. The van der Waals surface area contributed by atoms with Crippen molar-refractivity contribution in [1.82, 2.24) is 4.90 Å². The molecule has 0 N–H and O–H groups in total. The predicted molar refractivity (Wildman–Crippen MR) is 92.2 cm³/mol. The van der Waals surface area contributed by atoms with Crippen molar-refractivity contribution in [1.29, 1.82) is 0 Å². The average molecular weight is 332 g/mol. The second-order valence-electron chi connectivity index (χ2n) is 6.09. The van der Waals surface area contributed by atoms with Crippen molar-refractivity contribution in [3.8, 4) is 0 Å². The van der Waals surface area contributed by atoms with E-state index in [9.17, 15) is 9.59 Å². The van der Waals surface area contributed by atoms with E-state index in [1.807, 2.05) is 6.92 Å². The van der Waals surface area contributed by atoms with E-state index in [4.69, 9.17) is 9.47 Å². The van der Waals surface area contributed by atoms with Gasteiger partial charge in [-0.2, -0.15) is 0 Å². The summed E-state index contributed by atoms with van der Waals surface area (Å²) in [5, 5.41) is 0. The third-order valence-electron chi connectivity index (χ3n) is 4.23. The topological polar surface area (TPSA) is 59.1 Å². The number of benzene rings is 1. The van der Waals surface area contributed by atoms with Crippen LogP contribution in [0, 0.1) is 0 Å². The first-order chi connectivity index (χ1) is 11.4. The summed E-state index contributed by atoms with van der Waals surface area (Å²) in [4.78, 5) is 27.8.